The van der Waals surface area contributed by atoms with Crippen molar-refractivity contribution in [3.63, 3.8) is 0 Å². The second-order valence-corrected chi connectivity index (χ2v) is 6.09. The van der Waals surface area contributed by atoms with Gasteiger partial charge in [0, 0.05) is 0 Å². The van der Waals surface area contributed by atoms with E-state index < -0.39 is 0 Å². The average molecular weight is 318 g/mol. The molecule has 0 bridgehead atoms. The Morgan fingerprint density at radius 3 is 2.26 bits per heavy atom. The molecule has 1 aromatic heterocycles. The van der Waals surface area contributed by atoms with Crippen LogP contribution in [0.5, 0.6) is 11.5 Å². The van der Waals surface area contributed by atoms with E-state index in [9.17, 15) is 0 Å². The van der Waals surface area contributed by atoms with E-state index in [-0.39, 0.29) is 0 Å². The van der Waals surface area contributed by atoms with Crippen molar-refractivity contribution in [2.24, 2.45) is 0 Å². The topological polar surface area (TPSA) is 40.5 Å². The SMILES string of the molecule is COc1cccc(C[NH+]2CC[NH+](Cc3ccco3)CC2)c1OC. The minimum absolute atomic E-state index is 0.812. The highest BCUT2D eigenvalue weighted by molar-refractivity contribution is 5.46. The third-order valence-corrected chi connectivity index (χ3v) is 4.59. The third kappa shape index (κ3) is 3.86. The summed E-state index contributed by atoms with van der Waals surface area (Å²) >= 11 is 0. The molecule has 5 nitrogen and oxygen atoms in total. The van der Waals surface area contributed by atoms with Crippen molar-refractivity contribution in [3.8, 4) is 11.5 Å². The minimum Gasteiger partial charge on any atom is -0.493 e. The van der Waals surface area contributed by atoms with Crippen LogP contribution >= 0.6 is 0 Å². The maximum absolute atomic E-state index is 5.54. The zero-order chi connectivity index (χ0) is 16.1. The van der Waals surface area contributed by atoms with Crippen molar-refractivity contribution in [1.29, 1.82) is 0 Å². The minimum atomic E-state index is 0.812. The summed E-state index contributed by atoms with van der Waals surface area (Å²) in [4.78, 5) is 3.20. The number of benzene rings is 1. The monoisotopic (exact) mass is 318 g/mol. The lowest BCUT2D eigenvalue weighted by molar-refractivity contribution is -1.02. The molecule has 2 heterocycles. The Kier molecular flexibility index (Phi) is 5.20. The molecular formula is C18H26N2O3+2. The predicted molar refractivity (Wildman–Crippen MR) is 87.1 cm³/mol. The van der Waals surface area contributed by atoms with Gasteiger partial charge in [-0.1, -0.05) is 6.07 Å². The smallest absolute Gasteiger partial charge is 0.169 e. The molecule has 1 saturated heterocycles. The summed E-state index contributed by atoms with van der Waals surface area (Å²) in [6.45, 7) is 6.63. The fraction of sp³-hybridized carbons (Fsp3) is 0.444. The summed E-state index contributed by atoms with van der Waals surface area (Å²) in [5.74, 6) is 2.76. The second-order valence-electron chi connectivity index (χ2n) is 6.09. The van der Waals surface area contributed by atoms with Crippen molar-refractivity contribution in [1.82, 2.24) is 0 Å². The maximum atomic E-state index is 5.54. The molecule has 1 aromatic carbocycles. The van der Waals surface area contributed by atoms with E-state index in [2.05, 4.69) is 12.1 Å². The summed E-state index contributed by atoms with van der Waals surface area (Å²) in [6, 6.07) is 10.1. The van der Waals surface area contributed by atoms with Crippen molar-refractivity contribution in [2.75, 3.05) is 40.4 Å². The zero-order valence-corrected chi connectivity index (χ0v) is 13.9. The lowest BCUT2D eigenvalue weighted by Crippen LogP contribution is -3.27. The van der Waals surface area contributed by atoms with Gasteiger partial charge in [-0.2, -0.15) is 0 Å². The molecule has 1 aliphatic rings. The molecule has 2 N–H and O–H groups in total. The van der Waals surface area contributed by atoms with Gasteiger partial charge in [0.25, 0.3) is 0 Å². The number of furan rings is 1. The van der Waals surface area contributed by atoms with Crippen LogP contribution in [-0.4, -0.2) is 40.4 Å². The highest BCUT2D eigenvalue weighted by atomic mass is 16.5. The lowest BCUT2D eigenvalue weighted by Gasteiger charge is -2.29. The largest absolute Gasteiger partial charge is 0.493 e. The number of hydrogen-bond acceptors (Lipinski definition) is 3. The molecule has 5 heteroatoms. The van der Waals surface area contributed by atoms with Crippen molar-refractivity contribution in [3.05, 3.63) is 47.9 Å². The van der Waals surface area contributed by atoms with Gasteiger partial charge in [-0.25, -0.2) is 0 Å². The van der Waals surface area contributed by atoms with Gasteiger partial charge < -0.3 is 23.7 Å². The molecule has 0 saturated carbocycles. The summed E-state index contributed by atoms with van der Waals surface area (Å²) in [5, 5.41) is 0. The Balaban J connectivity index is 1.56. The van der Waals surface area contributed by atoms with Crippen LogP contribution in [0.15, 0.2) is 41.0 Å². The summed E-state index contributed by atoms with van der Waals surface area (Å²) in [5.41, 5.74) is 1.22. The molecule has 1 aliphatic heterocycles. The summed E-state index contributed by atoms with van der Waals surface area (Å²) in [6.07, 6.45) is 1.76. The van der Waals surface area contributed by atoms with Crippen LogP contribution in [0.3, 0.4) is 0 Å². The van der Waals surface area contributed by atoms with Crippen molar-refractivity contribution >= 4 is 0 Å². The Bertz CT molecular complexity index is 605. The van der Waals surface area contributed by atoms with Gasteiger partial charge in [-0.15, -0.1) is 0 Å². The van der Waals surface area contributed by atoms with E-state index in [1.807, 2.05) is 18.2 Å². The Morgan fingerprint density at radius 1 is 0.913 bits per heavy atom. The zero-order valence-electron chi connectivity index (χ0n) is 13.9. The molecule has 0 radical (unpaired) electrons. The number of quaternary nitrogens is 2. The van der Waals surface area contributed by atoms with Crippen LogP contribution in [0, 0.1) is 0 Å². The van der Waals surface area contributed by atoms with Crippen molar-refractivity contribution < 1.29 is 23.7 Å². The summed E-state index contributed by atoms with van der Waals surface area (Å²) in [7, 11) is 3.40. The molecule has 1 fully saturated rings. The van der Waals surface area contributed by atoms with Gasteiger partial charge in [-0.3, -0.25) is 0 Å². The van der Waals surface area contributed by atoms with Crippen LogP contribution in [0.2, 0.25) is 0 Å². The first-order valence-corrected chi connectivity index (χ1v) is 8.19. The predicted octanol–water partition coefficient (Wildman–Crippen LogP) is -0.220. The van der Waals surface area contributed by atoms with E-state index in [0.717, 1.165) is 43.4 Å². The van der Waals surface area contributed by atoms with Crippen LogP contribution < -0.4 is 19.3 Å². The number of rotatable bonds is 6. The quantitative estimate of drug-likeness (QED) is 0.774. The normalized spacial score (nSPS) is 21.1. The molecule has 3 rings (SSSR count). The fourth-order valence-corrected chi connectivity index (χ4v) is 3.33. The van der Waals surface area contributed by atoms with Gasteiger partial charge in [0.05, 0.1) is 26.0 Å². The van der Waals surface area contributed by atoms with Gasteiger partial charge in [0.1, 0.15) is 39.3 Å². The highest BCUT2D eigenvalue weighted by Gasteiger charge is 2.25. The average Bonchev–Trinajstić information content (AvgIpc) is 3.09. The van der Waals surface area contributed by atoms with E-state index in [4.69, 9.17) is 13.9 Å². The number of nitrogens with one attached hydrogen (secondary N) is 2. The van der Waals surface area contributed by atoms with Gasteiger partial charge >= 0.3 is 0 Å². The Labute approximate surface area is 137 Å². The summed E-state index contributed by atoms with van der Waals surface area (Å²) < 4.78 is 16.4. The Morgan fingerprint density at radius 2 is 1.65 bits per heavy atom. The van der Waals surface area contributed by atoms with E-state index >= 15 is 0 Å². The lowest BCUT2D eigenvalue weighted by atomic mass is 10.1. The van der Waals surface area contributed by atoms with Gasteiger partial charge in [-0.05, 0) is 24.3 Å². The maximum Gasteiger partial charge on any atom is 0.169 e. The second kappa shape index (κ2) is 7.53. The van der Waals surface area contributed by atoms with E-state index in [0.29, 0.717) is 0 Å². The van der Waals surface area contributed by atoms with Gasteiger partial charge in [0.15, 0.2) is 17.3 Å². The van der Waals surface area contributed by atoms with Crippen molar-refractivity contribution in [2.45, 2.75) is 13.1 Å². The number of ether oxygens (including phenoxy) is 2. The highest BCUT2D eigenvalue weighted by Crippen LogP contribution is 2.30. The number of methoxy groups -OCH3 is 2. The number of para-hydroxylation sites is 1. The van der Waals surface area contributed by atoms with Gasteiger partial charge in [0.2, 0.25) is 0 Å². The van der Waals surface area contributed by atoms with E-state index in [1.54, 1.807) is 30.3 Å². The molecule has 0 unspecified atom stereocenters. The standard InChI is InChI=1S/C18H24N2O3/c1-21-17-7-3-5-15(18(17)22-2)13-19-8-10-20(11-9-19)14-16-6-4-12-23-16/h3-7,12H,8-11,13-14H2,1-2H3/p+2. The third-order valence-electron chi connectivity index (χ3n) is 4.59. The molecule has 2 aromatic rings. The molecule has 124 valence electrons. The fourth-order valence-electron chi connectivity index (χ4n) is 3.33. The van der Waals surface area contributed by atoms with E-state index in [1.165, 1.54) is 18.7 Å². The van der Waals surface area contributed by atoms with Crippen LogP contribution in [-0.2, 0) is 13.1 Å². The molecule has 0 aliphatic carbocycles. The first kappa shape index (κ1) is 15.9. The van der Waals surface area contributed by atoms with Crippen LogP contribution in [0.25, 0.3) is 0 Å². The first-order chi connectivity index (χ1) is 11.3. The Hall–Kier alpha value is -1.98. The molecule has 23 heavy (non-hydrogen) atoms. The molecular weight excluding hydrogens is 292 g/mol. The molecule has 0 atom stereocenters. The number of piperazine rings is 1. The number of hydrogen-bond donors (Lipinski definition) is 2. The molecule has 0 spiro atoms. The van der Waals surface area contributed by atoms with Crippen LogP contribution in [0.1, 0.15) is 11.3 Å². The van der Waals surface area contributed by atoms with Crippen LogP contribution in [0.4, 0.5) is 0 Å². The molecule has 0 amide bonds. The first-order valence-electron chi connectivity index (χ1n) is 8.19.